The fourth-order valence-corrected chi connectivity index (χ4v) is 4.95. The average molecular weight is 585 g/mol. The van der Waals surface area contributed by atoms with Crippen molar-refractivity contribution in [3.63, 3.8) is 0 Å². The van der Waals surface area contributed by atoms with E-state index in [9.17, 15) is 28.2 Å². The Balaban J connectivity index is 1.57. The van der Waals surface area contributed by atoms with E-state index >= 15 is 4.39 Å². The lowest BCUT2D eigenvalue weighted by Crippen LogP contribution is -2.45. The third-order valence-electron chi connectivity index (χ3n) is 7.36. The number of aliphatic hydroxyl groups is 2. The number of benzene rings is 2. The molecule has 0 saturated heterocycles. The van der Waals surface area contributed by atoms with Gasteiger partial charge in [-0.3, -0.25) is 4.79 Å². The predicted molar refractivity (Wildman–Crippen MR) is 145 cm³/mol. The second-order valence-electron chi connectivity index (χ2n) is 11.0. The molecule has 42 heavy (non-hydrogen) atoms. The number of alkyl halides is 2. The number of carbonyl (C=O) groups excluding carboxylic acids is 1. The number of nitrogens with zero attached hydrogens (tertiary/aromatic N) is 3. The van der Waals surface area contributed by atoms with Gasteiger partial charge in [0.1, 0.15) is 28.4 Å². The SMILES string of the molecule is COc1cc(C(=O)NCC(O)(c2cc(C(C)(C)O)c(F)c(-c3ccc(F)cc3)n2)[C@@H]2CC2(F)F)cc2cc(C)nnc12. The van der Waals surface area contributed by atoms with Crippen LogP contribution in [0.25, 0.3) is 22.2 Å². The Hall–Kier alpha value is -4.16. The van der Waals surface area contributed by atoms with E-state index in [0.29, 0.717) is 16.6 Å². The highest BCUT2D eigenvalue weighted by Gasteiger charge is 2.67. The van der Waals surface area contributed by atoms with Crippen molar-refractivity contribution in [3.8, 4) is 17.0 Å². The Morgan fingerprint density at radius 3 is 2.36 bits per heavy atom. The van der Waals surface area contributed by atoms with Crippen molar-refractivity contribution in [1.29, 1.82) is 0 Å². The van der Waals surface area contributed by atoms with Crippen molar-refractivity contribution in [2.24, 2.45) is 5.92 Å². The van der Waals surface area contributed by atoms with E-state index in [1.165, 1.54) is 45.2 Å². The van der Waals surface area contributed by atoms with Gasteiger partial charge in [-0.2, -0.15) is 5.10 Å². The zero-order valence-corrected chi connectivity index (χ0v) is 23.2. The smallest absolute Gasteiger partial charge is 0.254 e. The minimum atomic E-state index is -3.29. The van der Waals surface area contributed by atoms with Crippen LogP contribution in [0, 0.1) is 24.5 Å². The number of carbonyl (C=O) groups is 1. The number of ether oxygens (including phenoxy) is 1. The molecule has 1 aliphatic carbocycles. The van der Waals surface area contributed by atoms with Crippen LogP contribution < -0.4 is 10.1 Å². The zero-order valence-electron chi connectivity index (χ0n) is 23.2. The summed E-state index contributed by atoms with van der Waals surface area (Å²) in [7, 11) is 1.39. The lowest BCUT2D eigenvalue weighted by molar-refractivity contribution is -0.0352. The van der Waals surface area contributed by atoms with E-state index in [1.807, 2.05) is 0 Å². The molecule has 5 rings (SSSR count). The molecule has 8 nitrogen and oxygen atoms in total. The van der Waals surface area contributed by atoms with Gasteiger partial charge in [0, 0.05) is 28.5 Å². The first-order chi connectivity index (χ1) is 19.6. The summed E-state index contributed by atoms with van der Waals surface area (Å²) in [5.74, 6) is -6.97. The van der Waals surface area contributed by atoms with Gasteiger partial charge < -0.3 is 20.3 Å². The first-order valence-electron chi connectivity index (χ1n) is 13.0. The van der Waals surface area contributed by atoms with Crippen LogP contribution in [0.2, 0.25) is 0 Å². The number of halogens is 4. The average Bonchev–Trinajstić information content (AvgIpc) is 3.59. The molecule has 1 unspecified atom stereocenters. The quantitative estimate of drug-likeness (QED) is 0.255. The van der Waals surface area contributed by atoms with Crippen molar-refractivity contribution >= 4 is 16.8 Å². The van der Waals surface area contributed by atoms with Crippen LogP contribution in [-0.2, 0) is 11.2 Å². The number of aryl methyl sites for hydroxylation is 1. The minimum Gasteiger partial charge on any atom is -0.494 e. The summed E-state index contributed by atoms with van der Waals surface area (Å²) in [6.07, 6.45) is -0.704. The summed E-state index contributed by atoms with van der Waals surface area (Å²) in [5.41, 5.74) is -4.16. The highest BCUT2D eigenvalue weighted by atomic mass is 19.3. The molecule has 2 aromatic carbocycles. The van der Waals surface area contributed by atoms with Crippen molar-refractivity contribution in [3.05, 3.63) is 82.7 Å². The Morgan fingerprint density at radius 2 is 1.76 bits per heavy atom. The molecule has 2 heterocycles. The second kappa shape index (κ2) is 10.3. The maximum absolute atomic E-state index is 15.6. The summed E-state index contributed by atoms with van der Waals surface area (Å²) in [5, 5.41) is 33.6. The molecule has 1 fully saturated rings. The summed E-state index contributed by atoms with van der Waals surface area (Å²) in [6, 6.07) is 10.3. The Bertz CT molecular complexity index is 1690. The van der Waals surface area contributed by atoms with Crippen molar-refractivity contribution in [1.82, 2.24) is 20.5 Å². The normalized spacial score (nSPS) is 17.5. The Labute approximate surface area is 238 Å². The van der Waals surface area contributed by atoms with Gasteiger partial charge in [0.25, 0.3) is 11.8 Å². The monoisotopic (exact) mass is 584 g/mol. The van der Waals surface area contributed by atoms with Crippen LogP contribution in [0.3, 0.4) is 0 Å². The van der Waals surface area contributed by atoms with Gasteiger partial charge in [0.05, 0.1) is 36.6 Å². The number of fused-ring (bicyclic) bond motifs is 1. The number of aromatic nitrogens is 3. The summed E-state index contributed by atoms with van der Waals surface area (Å²) < 4.78 is 63.6. The van der Waals surface area contributed by atoms with Gasteiger partial charge in [0.2, 0.25) is 0 Å². The van der Waals surface area contributed by atoms with Crippen molar-refractivity contribution in [2.75, 3.05) is 13.7 Å². The van der Waals surface area contributed by atoms with Crippen LogP contribution in [0.1, 0.15) is 47.6 Å². The fourth-order valence-electron chi connectivity index (χ4n) is 4.95. The predicted octanol–water partition coefficient (Wildman–Crippen LogP) is 4.79. The van der Waals surface area contributed by atoms with E-state index in [4.69, 9.17) is 4.74 Å². The summed E-state index contributed by atoms with van der Waals surface area (Å²) in [4.78, 5) is 17.5. The van der Waals surface area contributed by atoms with E-state index < -0.39 is 53.5 Å². The van der Waals surface area contributed by atoms with Crippen molar-refractivity contribution < 1.29 is 37.3 Å². The lowest BCUT2D eigenvalue weighted by Gasteiger charge is -2.31. The first-order valence-corrected chi connectivity index (χ1v) is 13.0. The molecule has 12 heteroatoms. The number of hydrogen-bond donors (Lipinski definition) is 3. The zero-order chi connectivity index (χ0) is 30.6. The maximum atomic E-state index is 15.6. The minimum absolute atomic E-state index is 0.0943. The van der Waals surface area contributed by atoms with Gasteiger partial charge in [-0.25, -0.2) is 22.5 Å². The molecule has 0 radical (unpaired) electrons. The molecular weight excluding hydrogens is 556 g/mol. The van der Waals surface area contributed by atoms with Gasteiger partial charge in [0.15, 0.2) is 5.82 Å². The highest BCUT2D eigenvalue weighted by molar-refractivity contribution is 5.99. The molecule has 2 atom stereocenters. The molecule has 220 valence electrons. The van der Waals surface area contributed by atoms with Crippen LogP contribution in [0.15, 0.2) is 48.5 Å². The van der Waals surface area contributed by atoms with Gasteiger partial charge >= 0.3 is 0 Å². The molecule has 1 aliphatic rings. The summed E-state index contributed by atoms with van der Waals surface area (Å²) >= 11 is 0. The summed E-state index contributed by atoms with van der Waals surface area (Å²) in [6.45, 7) is 3.58. The van der Waals surface area contributed by atoms with Crippen LogP contribution in [0.5, 0.6) is 5.75 Å². The largest absolute Gasteiger partial charge is 0.494 e. The number of methoxy groups -OCH3 is 1. The number of amides is 1. The lowest BCUT2D eigenvalue weighted by atomic mass is 9.87. The third-order valence-corrected chi connectivity index (χ3v) is 7.36. The van der Waals surface area contributed by atoms with E-state index in [-0.39, 0.29) is 33.8 Å². The van der Waals surface area contributed by atoms with Gasteiger partial charge in [-0.15, -0.1) is 5.10 Å². The fraction of sp³-hybridized carbons (Fsp3) is 0.333. The molecular formula is C30H28F4N4O4. The molecule has 3 N–H and O–H groups in total. The third kappa shape index (κ3) is 5.39. The van der Waals surface area contributed by atoms with E-state index in [1.54, 1.807) is 13.0 Å². The second-order valence-corrected chi connectivity index (χ2v) is 11.0. The maximum Gasteiger partial charge on any atom is 0.254 e. The standard InChI is InChI=1S/C30H28F4N4O4/c1-15-9-17-10-18(11-21(42-4)25(17)38-37-15)27(39)35-14-29(41,22-13-30(22,33)34)23-12-20(28(2,3)40)24(32)26(36-23)16-5-7-19(31)8-6-16/h5-12,22,40-41H,13-14H2,1-4H3,(H,35,39)/t22-,29?/m0/s1. The van der Waals surface area contributed by atoms with Crippen LogP contribution in [-0.4, -0.2) is 50.9 Å². The van der Waals surface area contributed by atoms with E-state index in [2.05, 4.69) is 20.5 Å². The number of pyridine rings is 1. The Kier molecular flexibility index (Phi) is 7.18. The molecule has 0 aliphatic heterocycles. The molecule has 1 amide bonds. The Morgan fingerprint density at radius 1 is 1.10 bits per heavy atom. The molecule has 1 saturated carbocycles. The van der Waals surface area contributed by atoms with Crippen LogP contribution in [0.4, 0.5) is 17.6 Å². The molecule has 0 bridgehead atoms. The molecule has 2 aromatic heterocycles. The van der Waals surface area contributed by atoms with E-state index in [0.717, 1.165) is 18.2 Å². The first kappa shape index (κ1) is 29.3. The number of hydrogen-bond acceptors (Lipinski definition) is 7. The number of nitrogens with one attached hydrogen (secondary N) is 1. The van der Waals surface area contributed by atoms with Gasteiger partial charge in [-0.05, 0) is 69.3 Å². The topological polar surface area (TPSA) is 117 Å². The van der Waals surface area contributed by atoms with Crippen LogP contribution >= 0.6 is 0 Å². The molecule has 0 spiro atoms. The van der Waals surface area contributed by atoms with Crippen molar-refractivity contribution in [2.45, 2.75) is 44.3 Å². The highest BCUT2D eigenvalue weighted by Crippen LogP contribution is 2.57. The number of rotatable bonds is 8. The molecule has 4 aromatic rings. The van der Waals surface area contributed by atoms with Gasteiger partial charge in [-0.1, -0.05) is 0 Å².